The van der Waals surface area contributed by atoms with Crippen LogP contribution in [0.2, 0.25) is 0 Å². The largest absolute Gasteiger partial charge is 0.480 e. The summed E-state index contributed by atoms with van der Waals surface area (Å²) >= 11 is 0. The van der Waals surface area contributed by atoms with Crippen molar-refractivity contribution >= 4 is 16.0 Å². The maximum absolute atomic E-state index is 11.8. The Morgan fingerprint density at radius 1 is 1.53 bits per heavy atom. The number of rotatable bonds is 8. The van der Waals surface area contributed by atoms with Crippen molar-refractivity contribution in [2.75, 3.05) is 5.75 Å². The molecule has 3 N–H and O–H groups in total. The van der Waals surface area contributed by atoms with Gasteiger partial charge in [0.25, 0.3) is 0 Å². The second kappa shape index (κ2) is 6.67. The minimum Gasteiger partial charge on any atom is -0.480 e. The van der Waals surface area contributed by atoms with E-state index in [9.17, 15) is 13.2 Å². The van der Waals surface area contributed by atoms with Gasteiger partial charge in [0.15, 0.2) is 0 Å². The third kappa shape index (κ3) is 5.84. The van der Waals surface area contributed by atoms with Gasteiger partial charge in [0.1, 0.15) is 6.04 Å². The molecule has 108 valence electrons. The second-order valence-corrected chi connectivity index (χ2v) is 6.66. The number of hydrogen-bond acceptors (Lipinski definition) is 4. The lowest BCUT2D eigenvalue weighted by Crippen LogP contribution is -2.43. The molecule has 1 atom stereocenters. The van der Waals surface area contributed by atoms with Crippen molar-refractivity contribution in [3.05, 3.63) is 18.2 Å². The van der Waals surface area contributed by atoms with E-state index in [2.05, 4.69) is 14.7 Å². The predicted molar refractivity (Wildman–Crippen MR) is 70.1 cm³/mol. The van der Waals surface area contributed by atoms with Crippen LogP contribution in [0.1, 0.15) is 26.0 Å². The molecule has 0 aliphatic carbocycles. The van der Waals surface area contributed by atoms with Gasteiger partial charge < -0.3 is 10.1 Å². The Kier molecular flexibility index (Phi) is 5.49. The van der Waals surface area contributed by atoms with Crippen molar-refractivity contribution in [3.8, 4) is 0 Å². The number of imidazole rings is 1. The van der Waals surface area contributed by atoms with Crippen LogP contribution in [0.25, 0.3) is 0 Å². The number of aromatic nitrogens is 2. The van der Waals surface area contributed by atoms with Crippen molar-refractivity contribution in [2.45, 2.75) is 32.7 Å². The molecule has 7 nitrogen and oxygen atoms in total. The highest BCUT2D eigenvalue weighted by Gasteiger charge is 2.24. The number of aromatic amines is 1. The van der Waals surface area contributed by atoms with Crippen molar-refractivity contribution in [1.29, 1.82) is 0 Å². The van der Waals surface area contributed by atoms with Crippen molar-refractivity contribution in [3.63, 3.8) is 0 Å². The summed E-state index contributed by atoms with van der Waals surface area (Å²) in [5, 5.41) is 9.05. The van der Waals surface area contributed by atoms with Gasteiger partial charge in [0.05, 0.1) is 12.1 Å². The SMILES string of the molecule is CC(C)CCS(=O)(=O)N[C@@H](Cc1cnc[nH]1)C(=O)O. The molecule has 1 aromatic rings. The lowest BCUT2D eigenvalue weighted by atomic mass is 10.2. The zero-order chi connectivity index (χ0) is 14.5. The fourth-order valence-corrected chi connectivity index (χ4v) is 2.98. The van der Waals surface area contributed by atoms with Crippen LogP contribution in [0.4, 0.5) is 0 Å². The van der Waals surface area contributed by atoms with E-state index in [1.807, 2.05) is 13.8 Å². The Morgan fingerprint density at radius 2 is 2.21 bits per heavy atom. The van der Waals surface area contributed by atoms with Crippen LogP contribution in [0, 0.1) is 5.92 Å². The molecule has 0 fully saturated rings. The van der Waals surface area contributed by atoms with Crippen molar-refractivity contribution in [1.82, 2.24) is 14.7 Å². The standard InChI is InChI=1S/C11H19N3O4S/c1-8(2)3-4-19(17,18)14-10(11(15)16)5-9-6-12-7-13-9/h6-8,10,14H,3-5H2,1-2H3,(H,12,13)(H,15,16)/t10-/m0/s1. The molecule has 19 heavy (non-hydrogen) atoms. The Balaban J connectivity index is 2.65. The topological polar surface area (TPSA) is 112 Å². The number of aliphatic carboxylic acids is 1. The monoisotopic (exact) mass is 289 g/mol. The van der Waals surface area contributed by atoms with E-state index in [4.69, 9.17) is 5.11 Å². The van der Waals surface area contributed by atoms with Crippen LogP contribution in [0.5, 0.6) is 0 Å². The molecule has 0 saturated carbocycles. The molecule has 0 spiro atoms. The van der Waals surface area contributed by atoms with Crippen LogP contribution in [-0.4, -0.2) is 41.3 Å². The average molecular weight is 289 g/mol. The van der Waals surface area contributed by atoms with Crippen LogP contribution in [-0.2, 0) is 21.2 Å². The fourth-order valence-electron chi connectivity index (χ4n) is 1.46. The second-order valence-electron chi connectivity index (χ2n) is 4.79. The molecule has 0 unspecified atom stereocenters. The van der Waals surface area contributed by atoms with E-state index in [1.165, 1.54) is 12.5 Å². The van der Waals surface area contributed by atoms with Crippen LogP contribution in [0.15, 0.2) is 12.5 Å². The number of H-pyrrole nitrogens is 1. The summed E-state index contributed by atoms with van der Waals surface area (Å²) < 4.78 is 25.8. The maximum atomic E-state index is 11.8. The maximum Gasteiger partial charge on any atom is 0.322 e. The van der Waals surface area contributed by atoms with E-state index < -0.39 is 22.0 Å². The first-order chi connectivity index (χ1) is 8.80. The van der Waals surface area contributed by atoms with Crippen LogP contribution in [0.3, 0.4) is 0 Å². The van der Waals surface area contributed by atoms with Crippen LogP contribution >= 0.6 is 0 Å². The Bertz CT molecular complexity index is 496. The zero-order valence-corrected chi connectivity index (χ0v) is 11.8. The Morgan fingerprint density at radius 3 is 2.68 bits per heavy atom. The summed E-state index contributed by atoms with van der Waals surface area (Å²) in [5.74, 6) is -1.03. The summed E-state index contributed by atoms with van der Waals surface area (Å²) in [6.07, 6.45) is 3.42. The summed E-state index contributed by atoms with van der Waals surface area (Å²) in [6.45, 7) is 3.82. The predicted octanol–water partition coefficient (Wildman–Crippen LogP) is 0.371. The molecule has 0 aromatic carbocycles. The van der Waals surface area contributed by atoms with Gasteiger partial charge >= 0.3 is 5.97 Å². The molecule has 0 radical (unpaired) electrons. The molecule has 0 amide bonds. The summed E-state index contributed by atoms with van der Waals surface area (Å²) in [7, 11) is -3.59. The lowest BCUT2D eigenvalue weighted by Gasteiger charge is -2.14. The van der Waals surface area contributed by atoms with Crippen LogP contribution < -0.4 is 4.72 Å². The number of carboxylic acid groups (broad SMARTS) is 1. The van der Waals surface area contributed by atoms with Gasteiger partial charge in [-0.1, -0.05) is 13.8 Å². The van der Waals surface area contributed by atoms with E-state index in [0.29, 0.717) is 12.1 Å². The fraction of sp³-hybridized carbons (Fsp3) is 0.636. The normalized spacial score (nSPS) is 13.6. The highest BCUT2D eigenvalue weighted by molar-refractivity contribution is 7.89. The highest BCUT2D eigenvalue weighted by Crippen LogP contribution is 2.05. The summed E-state index contributed by atoms with van der Waals surface area (Å²) in [6, 6.07) is -1.18. The first-order valence-electron chi connectivity index (χ1n) is 6.00. The molecule has 0 aliphatic heterocycles. The van der Waals surface area contributed by atoms with Crippen molar-refractivity contribution in [2.24, 2.45) is 5.92 Å². The number of carboxylic acids is 1. The van der Waals surface area contributed by atoms with Gasteiger partial charge in [-0.15, -0.1) is 0 Å². The number of hydrogen-bond donors (Lipinski definition) is 3. The number of nitrogens with zero attached hydrogens (tertiary/aromatic N) is 1. The molecule has 1 rings (SSSR count). The Labute approximate surface area is 112 Å². The molecule has 1 aromatic heterocycles. The molecule has 0 aliphatic rings. The Hall–Kier alpha value is -1.41. The number of sulfonamides is 1. The zero-order valence-electron chi connectivity index (χ0n) is 11.0. The van der Waals surface area contributed by atoms with Gasteiger partial charge in [-0.3, -0.25) is 4.79 Å². The van der Waals surface area contributed by atoms with E-state index >= 15 is 0 Å². The minimum absolute atomic E-state index is 0.0379. The third-order valence-electron chi connectivity index (χ3n) is 2.56. The van der Waals surface area contributed by atoms with E-state index in [0.717, 1.165) is 0 Å². The van der Waals surface area contributed by atoms with Gasteiger partial charge in [0.2, 0.25) is 10.0 Å². The quantitative estimate of drug-likeness (QED) is 0.640. The number of nitrogens with one attached hydrogen (secondary N) is 2. The molecule has 0 saturated heterocycles. The van der Waals surface area contributed by atoms with Gasteiger partial charge in [0, 0.05) is 18.3 Å². The number of carbonyl (C=O) groups is 1. The molecule has 8 heteroatoms. The van der Waals surface area contributed by atoms with Gasteiger partial charge in [-0.2, -0.15) is 0 Å². The summed E-state index contributed by atoms with van der Waals surface area (Å²) in [5.41, 5.74) is 0.568. The molecule has 0 bridgehead atoms. The molecular weight excluding hydrogens is 270 g/mol. The molecule has 1 heterocycles. The smallest absolute Gasteiger partial charge is 0.322 e. The van der Waals surface area contributed by atoms with Gasteiger partial charge in [-0.25, -0.2) is 18.1 Å². The first kappa shape index (κ1) is 15.6. The van der Waals surface area contributed by atoms with E-state index in [1.54, 1.807) is 0 Å². The molecular formula is C11H19N3O4S. The van der Waals surface area contributed by atoms with Gasteiger partial charge in [-0.05, 0) is 12.3 Å². The van der Waals surface area contributed by atoms with Crippen molar-refractivity contribution < 1.29 is 18.3 Å². The minimum atomic E-state index is -3.59. The third-order valence-corrected chi connectivity index (χ3v) is 3.98. The average Bonchev–Trinajstić information content (AvgIpc) is 2.78. The van der Waals surface area contributed by atoms with E-state index in [-0.39, 0.29) is 18.1 Å². The highest BCUT2D eigenvalue weighted by atomic mass is 32.2. The first-order valence-corrected chi connectivity index (χ1v) is 7.65. The lowest BCUT2D eigenvalue weighted by molar-refractivity contribution is -0.138. The summed E-state index contributed by atoms with van der Waals surface area (Å²) in [4.78, 5) is 17.6.